The van der Waals surface area contributed by atoms with Crippen molar-refractivity contribution in [1.29, 1.82) is 0 Å². The molecule has 1 aromatic carbocycles. The predicted octanol–water partition coefficient (Wildman–Crippen LogP) is 3.25. The minimum absolute atomic E-state index is 0.0695. The number of aryl methyl sites for hydroxylation is 1. The number of carbonyl (C=O) groups excluding carboxylic acids is 1. The highest BCUT2D eigenvalue weighted by Crippen LogP contribution is 2.34. The maximum Gasteiger partial charge on any atom is 0.220 e. The smallest absolute Gasteiger partial charge is 0.220 e. The van der Waals surface area contributed by atoms with Crippen LogP contribution in [0, 0.1) is 6.92 Å². The van der Waals surface area contributed by atoms with Gasteiger partial charge < -0.3 is 14.8 Å². The van der Waals surface area contributed by atoms with Crippen molar-refractivity contribution < 1.29 is 4.79 Å². The lowest BCUT2D eigenvalue weighted by Crippen LogP contribution is -2.29. The van der Waals surface area contributed by atoms with Crippen LogP contribution in [0.4, 0.5) is 0 Å². The number of nitrogens with one attached hydrogen (secondary N) is 1. The van der Waals surface area contributed by atoms with Crippen molar-refractivity contribution >= 4 is 16.8 Å². The minimum Gasteiger partial charge on any atom is -0.359 e. The van der Waals surface area contributed by atoms with Gasteiger partial charge in [0.1, 0.15) is 0 Å². The van der Waals surface area contributed by atoms with E-state index in [1.54, 1.807) is 7.05 Å². The molecular weight excluding hydrogens is 348 g/mol. The van der Waals surface area contributed by atoms with E-state index in [0.717, 1.165) is 31.6 Å². The Hall–Kier alpha value is -2.66. The van der Waals surface area contributed by atoms with Gasteiger partial charge in [-0.2, -0.15) is 0 Å². The molecule has 2 aromatic heterocycles. The summed E-state index contributed by atoms with van der Waals surface area (Å²) in [6.07, 6.45) is 5.17. The van der Waals surface area contributed by atoms with Crippen LogP contribution in [-0.4, -0.2) is 41.0 Å². The summed E-state index contributed by atoms with van der Waals surface area (Å²) < 4.78 is 2.45. The Labute approximate surface area is 166 Å². The van der Waals surface area contributed by atoms with Gasteiger partial charge in [0.2, 0.25) is 5.91 Å². The molecule has 0 saturated heterocycles. The molecule has 3 heterocycles. The van der Waals surface area contributed by atoms with Gasteiger partial charge in [0.05, 0.1) is 0 Å². The van der Waals surface area contributed by atoms with Crippen LogP contribution in [0.1, 0.15) is 34.7 Å². The van der Waals surface area contributed by atoms with Crippen molar-refractivity contribution in [2.45, 2.75) is 38.8 Å². The third-order valence-electron chi connectivity index (χ3n) is 5.90. The van der Waals surface area contributed by atoms with Crippen molar-refractivity contribution in [3.05, 3.63) is 65.1 Å². The Morgan fingerprint density at radius 1 is 1.25 bits per heavy atom. The van der Waals surface area contributed by atoms with Crippen molar-refractivity contribution in [2.75, 3.05) is 20.6 Å². The number of nitrogens with zero attached hydrogens (tertiary/aromatic N) is 3. The molecular formula is C23H28N4O. The first-order valence-corrected chi connectivity index (χ1v) is 9.96. The average Bonchev–Trinajstić information content (AvgIpc) is 3.00. The second-order valence-corrected chi connectivity index (χ2v) is 7.90. The Bertz CT molecular complexity index is 993. The number of fused-ring (bicyclic) bond motifs is 3. The molecule has 1 aliphatic rings. The molecule has 146 valence electrons. The van der Waals surface area contributed by atoms with Gasteiger partial charge in [0, 0.05) is 68.0 Å². The summed E-state index contributed by atoms with van der Waals surface area (Å²) in [6.45, 7) is 4.99. The molecule has 4 rings (SSSR count). The number of aromatic nitrogens is 2. The first kappa shape index (κ1) is 18.7. The van der Waals surface area contributed by atoms with E-state index in [0.29, 0.717) is 6.42 Å². The lowest BCUT2D eigenvalue weighted by Gasteiger charge is -2.26. The molecule has 1 unspecified atom stereocenters. The van der Waals surface area contributed by atoms with Gasteiger partial charge >= 0.3 is 0 Å². The molecule has 1 aliphatic heterocycles. The topological polar surface area (TPSA) is 50.2 Å². The molecule has 1 N–H and O–H groups in total. The van der Waals surface area contributed by atoms with Crippen LogP contribution >= 0.6 is 0 Å². The van der Waals surface area contributed by atoms with Crippen molar-refractivity contribution in [2.24, 2.45) is 0 Å². The first-order valence-electron chi connectivity index (χ1n) is 9.96. The van der Waals surface area contributed by atoms with E-state index in [-0.39, 0.29) is 11.8 Å². The standard InChI is InChI=1S/C23H28N4O/c1-16-4-5-21-20(12-16)19-8-11-26(3)15-22(19)27(21)14-18(13-23(28)24-2)17-6-9-25-10-7-17/h4-7,9-10,12,18H,8,11,13-15H2,1-3H3,(H,24,28). The van der Waals surface area contributed by atoms with Crippen LogP contribution in [0.5, 0.6) is 0 Å². The van der Waals surface area contributed by atoms with Crippen LogP contribution in [-0.2, 0) is 24.3 Å². The molecule has 0 bridgehead atoms. The van der Waals surface area contributed by atoms with Crippen LogP contribution in [0.25, 0.3) is 10.9 Å². The molecule has 1 atom stereocenters. The fourth-order valence-electron chi connectivity index (χ4n) is 4.37. The fourth-order valence-corrected chi connectivity index (χ4v) is 4.37. The largest absolute Gasteiger partial charge is 0.359 e. The van der Waals surface area contributed by atoms with E-state index >= 15 is 0 Å². The number of pyridine rings is 1. The molecule has 0 spiro atoms. The maximum absolute atomic E-state index is 12.2. The number of benzene rings is 1. The van der Waals surface area contributed by atoms with Gasteiger partial charge in [-0.25, -0.2) is 0 Å². The Kier molecular flexibility index (Phi) is 5.18. The van der Waals surface area contributed by atoms with E-state index in [2.05, 4.69) is 51.9 Å². The van der Waals surface area contributed by atoms with Crippen LogP contribution in [0.2, 0.25) is 0 Å². The van der Waals surface area contributed by atoms with E-state index in [4.69, 9.17) is 0 Å². The van der Waals surface area contributed by atoms with E-state index < -0.39 is 0 Å². The summed E-state index contributed by atoms with van der Waals surface area (Å²) in [5, 5.41) is 4.16. The molecule has 3 aromatic rings. The molecule has 0 saturated carbocycles. The number of amides is 1. The van der Waals surface area contributed by atoms with Gasteiger partial charge in [-0.05, 0) is 55.8 Å². The number of carbonyl (C=O) groups is 1. The van der Waals surface area contributed by atoms with Crippen LogP contribution in [0.15, 0.2) is 42.7 Å². The Balaban J connectivity index is 1.80. The summed E-state index contributed by atoms with van der Waals surface area (Å²) in [7, 11) is 3.89. The molecule has 0 aliphatic carbocycles. The second kappa shape index (κ2) is 7.76. The second-order valence-electron chi connectivity index (χ2n) is 7.90. The molecule has 28 heavy (non-hydrogen) atoms. The third-order valence-corrected chi connectivity index (χ3v) is 5.90. The number of rotatable bonds is 5. The first-order chi connectivity index (χ1) is 13.6. The number of likely N-dealkylation sites (N-methyl/N-ethyl adjacent to an activating group) is 1. The normalized spacial score (nSPS) is 15.4. The van der Waals surface area contributed by atoms with Gasteiger partial charge in [-0.3, -0.25) is 9.78 Å². The highest BCUT2D eigenvalue weighted by Gasteiger charge is 2.25. The molecule has 5 heteroatoms. The van der Waals surface area contributed by atoms with Crippen LogP contribution in [0.3, 0.4) is 0 Å². The zero-order valence-corrected chi connectivity index (χ0v) is 16.9. The highest BCUT2D eigenvalue weighted by atomic mass is 16.1. The van der Waals surface area contributed by atoms with Gasteiger partial charge in [-0.15, -0.1) is 0 Å². The Morgan fingerprint density at radius 3 is 2.79 bits per heavy atom. The van der Waals surface area contributed by atoms with Gasteiger partial charge in [-0.1, -0.05) is 11.6 Å². The van der Waals surface area contributed by atoms with Gasteiger partial charge in [0.15, 0.2) is 0 Å². The van der Waals surface area contributed by atoms with Crippen molar-refractivity contribution in [1.82, 2.24) is 19.8 Å². The summed E-state index contributed by atoms with van der Waals surface area (Å²) in [6, 6.07) is 10.8. The zero-order valence-electron chi connectivity index (χ0n) is 16.9. The van der Waals surface area contributed by atoms with Crippen molar-refractivity contribution in [3.63, 3.8) is 0 Å². The highest BCUT2D eigenvalue weighted by molar-refractivity contribution is 5.86. The summed E-state index contributed by atoms with van der Waals surface area (Å²) >= 11 is 0. The molecule has 5 nitrogen and oxygen atoms in total. The zero-order chi connectivity index (χ0) is 19.7. The van der Waals surface area contributed by atoms with Gasteiger partial charge in [0.25, 0.3) is 0 Å². The third kappa shape index (κ3) is 3.54. The monoisotopic (exact) mass is 376 g/mol. The van der Waals surface area contributed by atoms with E-state index in [1.807, 2.05) is 24.5 Å². The lowest BCUT2D eigenvalue weighted by atomic mass is 9.95. The fraction of sp³-hybridized carbons (Fsp3) is 0.391. The quantitative estimate of drug-likeness (QED) is 0.744. The Morgan fingerprint density at radius 2 is 2.04 bits per heavy atom. The number of hydrogen-bond acceptors (Lipinski definition) is 3. The molecule has 1 amide bonds. The SMILES string of the molecule is CNC(=O)CC(Cn1c2c(c3cc(C)ccc31)CCN(C)C2)c1ccncc1. The summed E-state index contributed by atoms with van der Waals surface area (Å²) in [5.74, 6) is 0.177. The summed E-state index contributed by atoms with van der Waals surface area (Å²) in [5.41, 5.74) is 6.60. The molecule has 0 radical (unpaired) electrons. The maximum atomic E-state index is 12.2. The van der Waals surface area contributed by atoms with E-state index in [1.165, 1.54) is 27.7 Å². The van der Waals surface area contributed by atoms with E-state index in [9.17, 15) is 4.79 Å². The number of hydrogen-bond donors (Lipinski definition) is 1. The van der Waals surface area contributed by atoms with Crippen molar-refractivity contribution in [3.8, 4) is 0 Å². The van der Waals surface area contributed by atoms with Crippen LogP contribution < -0.4 is 5.32 Å². The lowest BCUT2D eigenvalue weighted by molar-refractivity contribution is -0.121. The minimum atomic E-state index is 0.0695. The predicted molar refractivity (Wildman–Crippen MR) is 112 cm³/mol. The molecule has 0 fully saturated rings. The average molecular weight is 377 g/mol. The summed E-state index contributed by atoms with van der Waals surface area (Å²) in [4.78, 5) is 18.8.